The number of hydrogen-bond donors (Lipinski definition) is 0. The van der Waals surface area contributed by atoms with Crippen LogP contribution in [0.25, 0.3) is 0 Å². The van der Waals surface area contributed by atoms with Crippen LogP contribution in [-0.2, 0) is 25.7 Å². The minimum Gasteiger partial charge on any atom is -0.489 e. The van der Waals surface area contributed by atoms with Crippen LogP contribution in [0, 0.1) is 5.92 Å². The normalized spacial score (nSPS) is 18.5. The highest BCUT2D eigenvalue weighted by molar-refractivity contribution is 6.07. The molecule has 3 rings (SSSR count). The maximum absolute atomic E-state index is 12.7. The van der Waals surface area contributed by atoms with Crippen molar-refractivity contribution in [2.45, 2.75) is 26.4 Å². The summed E-state index contributed by atoms with van der Waals surface area (Å²) in [5, 5.41) is 0. The van der Waals surface area contributed by atoms with Crippen molar-refractivity contribution in [2.75, 3.05) is 14.2 Å². The Bertz CT molecular complexity index is 994. The zero-order valence-corrected chi connectivity index (χ0v) is 17.5. The van der Waals surface area contributed by atoms with Gasteiger partial charge in [-0.1, -0.05) is 48.5 Å². The van der Waals surface area contributed by atoms with Gasteiger partial charge in [-0.3, -0.25) is 9.79 Å². The second-order valence-corrected chi connectivity index (χ2v) is 7.03. The molecule has 0 radical (unpaired) electrons. The molecule has 1 aliphatic rings. The number of hydrogen-bond acceptors (Lipinski definition) is 6. The summed E-state index contributed by atoms with van der Waals surface area (Å²) in [4.78, 5) is 29.8. The van der Waals surface area contributed by atoms with E-state index in [1.807, 2.05) is 54.6 Å². The molecule has 0 bridgehead atoms. The summed E-state index contributed by atoms with van der Waals surface area (Å²) in [5.41, 5.74) is 3.14. The molecule has 0 spiro atoms. The van der Waals surface area contributed by atoms with Crippen LogP contribution in [0.15, 0.2) is 70.9 Å². The van der Waals surface area contributed by atoms with Gasteiger partial charge in [0.2, 0.25) is 0 Å². The molecule has 6 heteroatoms. The highest BCUT2D eigenvalue weighted by Crippen LogP contribution is 2.43. The fraction of sp³-hybridized carbons (Fsp3) is 0.292. The lowest BCUT2D eigenvalue weighted by atomic mass is 9.75. The second-order valence-electron chi connectivity index (χ2n) is 7.03. The molecule has 1 heterocycles. The van der Waals surface area contributed by atoms with Crippen molar-refractivity contribution in [1.29, 1.82) is 0 Å². The number of methoxy groups -OCH3 is 2. The van der Waals surface area contributed by atoms with E-state index >= 15 is 0 Å². The van der Waals surface area contributed by atoms with Crippen molar-refractivity contribution in [1.82, 2.24) is 0 Å². The Morgan fingerprint density at radius 1 is 0.933 bits per heavy atom. The largest absolute Gasteiger partial charge is 0.489 e. The summed E-state index contributed by atoms with van der Waals surface area (Å²) < 4.78 is 16.2. The molecule has 2 aromatic carbocycles. The summed E-state index contributed by atoms with van der Waals surface area (Å²) in [6.45, 7) is 3.86. The molecule has 0 fully saturated rings. The predicted octanol–water partition coefficient (Wildman–Crippen LogP) is 4.06. The van der Waals surface area contributed by atoms with E-state index in [2.05, 4.69) is 4.99 Å². The topological polar surface area (TPSA) is 74.2 Å². The Morgan fingerprint density at radius 3 is 2.27 bits per heavy atom. The average Bonchev–Trinajstić information content (AvgIpc) is 2.77. The molecule has 6 nitrogen and oxygen atoms in total. The lowest BCUT2D eigenvalue weighted by Gasteiger charge is -2.32. The van der Waals surface area contributed by atoms with Crippen LogP contribution in [0.1, 0.15) is 30.9 Å². The molecule has 0 amide bonds. The van der Waals surface area contributed by atoms with Crippen LogP contribution in [0.3, 0.4) is 0 Å². The maximum atomic E-state index is 12.7. The number of benzene rings is 2. The smallest absolute Gasteiger partial charge is 0.336 e. The van der Waals surface area contributed by atoms with E-state index in [9.17, 15) is 9.59 Å². The van der Waals surface area contributed by atoms with E-state index in [1.165, 1.54) is 14.2 Å². The van der Waals surface area contributed by atoms with Gasteiger partial charge in [-0.2, -0.15) is 0 Å². The van der Waals surface area contributed by atoms with Crippen LogP contribution in [0.5, 0.6) is 5.75 Å². The van der Waals surface area contributed by atoms with E-state index < -0.39 is 23.8 Å². The molecule has 0 saturated carbocycles. The van der Waals surface area contributed by atoms with Crippen LogP contribution in [0.2, 0.25) is 0 Å². The summed E-state index contributed by atoms with van der Waals surface area (Å²) in [6, 6.07) is 17.2. The van der Waals surface area contributed by atoms with E-state index in [-0.39, 0.29) is 0 Å². The Morgan fingerprint density at radius 2 is 1.60 bits per heavy atom. The third-order valence-corrected chi connectivity index (χ3v) is 5.18. The number of rotatable bonds is 6. The fourth-order valence-electron chi connectivity index (χ4n) is 3.78. The van der Waals surface area contributed by atoms with Crippen molar-refractivity contribution >= 4 is 17.7 Å². The van der Waals surface area contributed by atoms with Gasteiger partial charge >= 0.3 is 11.9 Å². The summed E-state index contributed by atoms with van der Waals surface area (Å²) in [7, 11) is 2.64. The van der Waals surface area contributed by atoms with Crippen molar-refractivity contribution in [3.63, 3.8) is 0 Å². The maximum Gasteiger partial charge on any atom is 0.336 e. The molecule has 1 aliphatic heterocycles. The van der Waals surface area contributed by atoms with Crippen LogP contribution in [-0.4, -0.2) is 31.9 Å². The number of ether oxygens (including phenoxy) is 3. The van der Waals surface area contributed by atoms with Crippen LogP contribution >= 0.6 is 0 Å². The summed E-state index contributed by atoms with van der Waals surface area (Å²) >= 11 is 0. The van der Waals surface area contributed by atoms with Gasteiger partial charge in [0.15, 0.2) is 0 Å². The molecular weight excluding hydrogens is 382 g/mol. The molecule has 156 valence electrons. The number of nitrogens with zero attached hydrogens (tertiary/aromatic N) is 1. The molecule has 2 unspecified atom stereocenters. The quantitative estimate of drug-likeness (QED) is 0.675. The highest BCUT2D eigenvalue weighted by Gasteiger charge is 2.43. The molecule has 0 aromatic heterocycles. The first-order valence-corrected chi connectivity index (χ1v) is 9.65. The standard InChI is InChI=1S/C24H25NO5/c1-15-20(23(26)28-3)22(21(16(2)25-15)24(27)29-4)18-12-8-9-13-19(18)30-14-17-10-6-5-7-11-17/h5-13,20,22H,14H2,1-4H3. The van der Waals surface area contributed by atoms with Crippen LogP contribution < -0.4 is 4.74 Å². The van der Waals surface area contributed by atoms with E-state index in [4.69, 9.17) is 14.2 Å². The molecule has 2 atom stereocenters. The first kappa shape index (κ1) is 21.3. The highest BCUT2D eigenvalue weighted by atomic mass is 16.5. The number of para-hydroxylation sites is 1. The number of esters is 2. The van der Waals surface area contributed by atoms with Crippen molar-refractivity contribution in [3.05, 3.63) is 77.0 Å². The summed E-state index contributed by atoms with van der Waals surface area (Å²) in [5.74, 6) is -1.79. The molecule has 2 aromatic rings. The predicted molar refractivity (Wildman–Crippen MR) is 113 cm³/mol. The number of aliphatic imine (C=N–C) groups is 1. The zero-order valence-electron chi connectivity index (χ0n) is 17.5. The Balaban J connectivity index is 2.08. The van der Waals surface area contributed by atoms with E-state index in [0.717, 1.165) is 5.56 Å². The van der Waals surface area contributed by atoms with E-state index in [1.54, 1.807) is 13.8 Å². The number of carbonyl (C=O) groups excluding carboxylic acids is 2. The summed E-state index contributed by atoms with van der Waals surface area (Å²) in [6.07, 6.45) is 0. The van der Waals surface area contributed by atoms with Gasteiger partial charge in [-0.05, 0) is 25.5 Å². The van der Waals surface area contributed by atoms with Gasteiger partial charge in [0, 0.05) is 22.9 Å². The fourth-order valence-corrected chi connectivity index (χ4v) is 3.78. The SMILES string of the molecule is COC(=O)C1=C(C)N=C(C)C(C(=O)OC)C1c1ccccc1OCc1ccccc1. The third-order valence-electron chi connectivity index (χ3n) is 5.18. The van der Waals surface area contributed by atoms with Crippen LogP contribution in [0.4, 0.5) is 0 Å². The number of carbonyl (C=O) groups is 2. The molecule has 0 aliphatic carbocycles. The Labute approximate surface area is 176 Å². The molecule has 0 saturated heterocycles. The lowest BCUT2D eigenvalue weighted by molar-refractivity contribution is -0.143. The minimum absolute atomic E-state index is 0.328. The van der Waals surface area contributed by atoms with Crippen molar-refractivity contribution in [2.24, 2.45) is 10.9 Å². The Kier molecular flexibility index (Phi) is 6.67. The minimum atomic E-state index is -0.755. The van der Waals surface area contributed by atoms with Gasteiger partial charge in [0.25, 0.3) is 0 Å². The first-order chi connectivity index (χ1) is 14.5. The Hall–Kier alpha value is -3.41. The second kappa shape index (κ2) is 9.39. The van der Waals surface area contributed by atoms with Gasteiger partial charge in [0.1, 0.15) is 18.3 Å². The molecular formula is C24H25NO5. The van der Waals surface area contributed by atoms with Gasteiger partial charge in [-0.25, -0.2) is 4.79 Å². The molecule has 30 heavy (non-hydrogen) atoms. The zero-order chi connectivity index (χ0) is 21.7. The van der Waals surface area contributed by atoms with Crippen molar-refractivity contribution < 1.29 is 23.8 Å². The third kappa shape index (κ3) is 4.27. The van der Waals surface area contributed by atoms with Crippen molar-refractivity contribution in [3.8, 4) is 5.75 Å². The van der Waals surface area contributed by atoms with E-state index in [0.29, 0.717) is 34.9 Å². The van der Waals surface area contributed by atoms with Gasteiger partial charge in [0.05, 0.1) is 19.8 Å². The molecule has 0 N–H and O–H groups in total. The lowest BCUT2D eigenvalue weighted by Crippen LogP contribution is -2.36. The monoisotopic (exact) mass is 407 g/mol. The van der Waals surface area contributed by atoms with Gasteiger partial charge < -0.3 is 14.2 Å². The average molecular weight is 407 g/mol. The first-order valence-electron chi connectivity index (χ1n) is 9.65. The van der Waals surface area contributed by atoms with Gasteiger partial charge in [-0.15, -0.1) is 0 Å². The number of allylic oxidation sites excluding steroid dienone is 1.